The van der Waals surface area contributed by atoms with Crippen molar-refractivity contribution >= 4 is 35.1 Å². The van der Waals surface area contributed by atoms with Crippen LogP contribution in [0.1, 0.15) is 18.9 Å². The Labute approximate surface area is 116 Å². The Balaban J connectivity index is 2.43. The maximum atomic E-state index is 11.1. The van der Waals surface area contributed by atoms with Gasteiger partial charge >= 0.3 is 0 Å². The second-order valence-corrected chi connectivity index (χ2v) is 6.62. The van der Waals surface area contributed by atoms with E-state index in [1.165, 1.54) is 12.5 Å². The van der Waals surface area contributed by atoms with Gasteiger partial charge in [-0.25, -0.2) is 0 Å². The van der Waals surface area contributed by atoms with Crippen LogP contribution in [0.2, 0.25) is 0 Å². The van der Waals surface area contributed by atoms with E-state index >= 15 is 0 Å². The van der Waals surface area contributed by atoms with E-state index in [1.807, 2.05) is 41.7 Å². The van der Waals surface area contributed by atoms with Crippen LogP contribution in [0.5, 0.6) is 5.75 Å². The van der Waals surface area contributed by atoms with Crippen molar-refractivity contribution in [1.82, 2.24) is 0 Å². The van der Waals surface area contributed by atoms with Crippen LogP contribution >= 0.6 is 23.5 Å². The molecule has 0 atom stereocenters. The summed E-state index contributed by atoms with van der Waals surface area (Å²) < 4.78 is 5.73. The third-order valence-electron chi connectivity index (χ3n) is 3.06. The Hall–Kier alpha value is -0.810. The zero-order valence-corrected chi connectivity index (χ0v) is 12.4. The summed E-state index contributed by atoms with van der Waals surface area (Å²) in [6, 6.07) is 5.86. The van der Waals surface area contributed by atoms with Gasteiger partial charge in [-0.05, 0) is 30.7 Å². The largest absolute Gasteiger partial charge is 0.493 e. The van der Waals surface area contributed by atoms with Crippen molar-refractivity contribution in [3.63, 3.8) is 0 Å². The van der Waals surface area contributed by atoms with Gasteiger partial charge in [0, 0.05) is 24.6 Å². The van der Waals surface area contributed by atoms with Crippen LogP contribution in [0.25, 0.3) is 0 Å². The molecule has 1 aliphatic heterocycles. The van der Waals surface area contributed by atoms with Crippen LogP contribution < -0.4 is 10.1 Å². The van der Waals surface area contributed by atoms with Gasteiger partial charge in [-0.1, -0.05) is 0 Å². The van der Waals surface area contributed by atoms with Gasteiger partial charge in [0.1, 0.15) is 5.75 Å². The second-order valence-electron chi connectivity index (χ2n) is 4.15. The molecule has 0 bridgehead atoms. The molecule has 0 unspecified atom stereocenters. The number of carbonyl (C=O) groups excluding carboxylic acids is 1. The van der Waals surface area contributed by atoms with E-state index in [9.17, 15) is 4.79 Å². The van der Waals surface area contributed by atoms with E-state index in [0.29, 0.717) is 0 Å². The van der Waals surface area contributed by atoms with Crippen molar-refractivity contribution in [2.75, 3.05) is 24.4 Å². The molecule has 98 valence electrons. The van der Waals surface area contributed by atoms with Crippen molar-refractivity contribution in [3.8, 4) is 5.75 Å². The molecule has 0 saturated heterocycles. The number of anilines is 1. The Morgan fingerprint density at radius 1 is 1.39 bits per heavy atom. The zero-order valence-electron chi connectivity index (χ0n) is 10.8. The third kappa shape index (κ3) is 2.47. The molecule has 1 heterocycles. The Morgan fingerprint density at radius 3 is 2.72 bits per heavy atom. The van der Waals surface area contributed by atoms with Gasteiger partial charge in [0.15, 0.2) is 0 Å². The zero-order chi connectivity index (χ0) is 13.2. The lowest BCUT2D eigenvalue weighted by molar-refractivity contribution is -0.114. The highest BCUT2D eigenvalue weighted by atomic mass is 32.2. The van der Waals surface area contributed by atoms with Crippen LogP contribution in [0.4, 0.5) is 5.69 Å². The summed E-state index contributed by atoms with van der Waals surface area (Å²) >= 11 is 3.67. The number of hydrogen-bond donors (Lipinski definition) is 1. The smallest absolute Gasteiger partial charge is 0.221 e. The van der Waals surface area contributed by atoms with Crippen LogP contribution in [-0.4, -0.2) is 25.0 Å². The molecule has 5 heteroatoms. The van der Waals surface area contributed by atoms with E-state index < -0.39 is 0 Å². The number of rotatable bonds is 3. The summed E-state index contributed by atoms with van der Waals surface area (Å²) in [6.45, 7) is 2.26. The van der Waals surface area contributed by atoms with Crippen molar-refractivity contribution in [2.45, 2.75) is 17.4 Å². The molecule has 0 radical (unpaired) electrons. The predicted molar refractivity (Wildman–Crippen MR) is 79.6 cm³/mol. The molecule has 1 N–H and O–H groups in total. The highest BCUT2D eigenvalue weighted by Gasteiger charge is 2.36. The first-order chi connectivity index (χ1) is 8.61. The number of benzene rings is 1. The number of hydrogen-bond acceptors (Lipinski definition) is 4. The fourth-order valence-corrected chi connectivity index (χ4v) is 4.17. The molecule has 2 rings (SSSR count). The maximum Gasteiger partial charge on any atom is 0.221 e. The highest BCUT2D eigenvalue weighted by Crippen LogP contribution is 2.52. The molecular weight excluding hydrogens is 266 g/mol. The Kier molecular flexibility index (Phi) is 4.12. The third-order valence-corrected chi connectivity index (χ3v) is 6.23. The van der Waals surface area contributed by atoms with E-state index in [4.69, 9.17) is 4.74 Å². The lowest BCUT2D eigenvalue weighted by Crippen LogP contribution is -2.26. The molecule has 0 aromatic heterocycles. The lowest BCUT2D eigenvalue weighted by Gasteiger charge is -2.36. The first kappa shape index (κ1) is 13.6. The molecule has 1 aromatic carbocycles. The number of thioether (sulfide) groups is 2. The highest BCUT2D eigenvalue weighted by molar-refractivity contribution is 8.16. The van der Waals surface area contributed by atoms with E-state index in [1.54, 1.807) is 0 Å². The molecule has 3 nitrogen and oxygen atoms in total. The minimum Gasteiger partial charge on any atom is -0.493 e. The molecule has 0 spiro atoms. The van der Waals surface area contributed by atoms with Crippen molar-refractivity contribution in [2.24, 2.45) is 0 Å². The average molecular weight is 283 g/mol. The van der Waals surface area contributed by atoms with Crippen LogP contribution in [0.15, 0.2) is 18.2 Å². The number of carbonyl (C=O) groups is 1. The number of fused-ring (bicyclic) bond motifs is 1. The summed E-state index contributed by atoms with van der Waals surface area (Å²) in [5.41, 5.74) is 2.00. The first-order valence-electron chi connectivity index (χ1n) is 5.76. The molecule has 1 aromatic rings. The van der Waals surface area contributed by atoms with Gasteiger partial charge in [0.25, 0.3) is 0 Å². The maximum absolute atomic E-state index is 11.1. The summed E-state index contributed by atoms with van der Waals surface area (Å²) in [5, 5.41) is 2.83. The molecule has 1 amide bonds. The van der Waals surface area contributed by atoms with E-state index in [0.717, 1.165) is 24.5 Å². The van der Waals surface area contributed by atoms with Gasteiger partial charge < -0.3 is 10.1 Å². The summed E-state index contributed by atoms with van der Waals surface area (Å²) in [4.78, 5) is 11.1. The van der Waals surface area contributed by atoms with E-state index in [2.05, 4.69) is 17.8 Å². The Morgan fingerprint density at radius 2 is 2.11 bits per heavy atom. The number of ether oxygens (including phenoxy) is 1. The molecule has 0 saturated carbocycles. The van der Waals surface area contributed by atoms with Gasteiger partial charge in [0.2, 0.25) is 5.91 Å². The normalized spacial score (nSPS) is 16.6. The fourth-order valence-electron chi connectivity index (χ4n) is 2.17. The SMILES string of the molecule is CSC1(SC)CCOc2ccc(NC(C)=O)cc21. The summed E-state index contributed by atoms with van der Waals surface area (Å²) in [7, 11) is 0. The average Bonchev–Trinajstić information content (AvgIpc) is 2.37. The second kappa shape index (κ2) is 5.45. The van der Waals surface area contributed by atoms with Gasteiger partial charge in [0.05, 0.1) is 10.7 Å². The number of nitrogens with one attached hydrogen (secondary N) is 1. The van der Waals surface area contributed by atoms with Crippen molar-refractivity contribution in [1.29, 1.82) is 0 Å². The minimum atomic E-state index is -0.0504. The lowest BCUT2D eigenvalue weighted by atomic mass is 10.0. The van der Waals surface area contributed by atoms with Crippen LogP contribution in [0.3, 0.4) is 0 Å². The molecular formula is C13H17NO2S2. The quantitative estimate of drug-likeness (QED) is 0.864. The molecule has 0 aliphatic carbocycles. The predicted octanol–water partition coefficient (Wildman–Crippen LogP) is 3.31. The van der Waals surface area contributed by atoms with E-state index in [-0.39, 0.29) is 9.99 Å². The first-order valence-corrected chi connectivity index (χ1v) is 8.21. The van der Waals surface area contributed by atoms with Crippen LogP contribution in [-0.2, 0) is 8.87 Å². The topological polar surface area (TPSA) is 38.3 Å². The standard InChI is InChI=1S/C13H17NO2S2/c1-9(15)14-10-4-5-12-11(8-10)13(17-2,18-3)6-7-16-12/h4-5,8H,6-7H2,1-3H3,(H,14,15). The molecule has 18 heavy (non-hydrogen) atoms. The Bertz CT molecular complexity index is 458. The number of amides is 1. The fraction of sp³-hybridized carbons (Fsp3) is 0.462. The summed E-state index contributed by atoms with van der Waals surface area (Å²) in [6.07, 6.45) is 5.22. The van der Waals surface area contributed by atoms with Crippen molar-refractivity contribution in [3.05, 3.63) is 23.8 Å². The van der Waals surface area contributed by atoms with Gasteiger partial charge in [-0.15, -0.1) is 23.5 Å². The van der Waals surface area contributed by atoms with Crippen LogP contribution in [0, 0.1) is 0 Å². The van der Waals surface area contributed by atoms with Crippen molar-refractivity contribution < 1.29 is 9.53 Å². The monoisotopic (exact) mass is 283 g/mol. The van der Waals surface area contributed by atoms with Gasteiger partial charge in [-0.3, -0.25) is 4.79 Å². The molecule has 0 fully saturated rings. The molecule has 1 aliphatic rings. The minimum absolute atomic E-state index is 0.0298. The summed E-state index contributed by atoms with van der Waals surface area (Å²) in [5.74, 6) is 0.879. The van der Waals surface area contributed by atoms with Gasteiger partial charge in [-0.2, -0.15) is 0 Å².